The molecule has 0 radical (unpaired) electrons. The molecule has 6 atom stereocenters. The number of allylic oxidation sites excluding steroid dienone is 4. The highest BCUT2D eigenvalue weighted by molar-refractivity contribution is 6.01. The van der Waals surface area contributed by atoms with Crippen LogP contribution in [0.4, 0.5) is 0 Å². The fourth-order valence-electron chi connectivity index (χ4n) is 9.78. The molecule has 1 unspecified atom stereocenters. The molecule has 1 saturated heterocycles. The first-order valence-electron chi connectivity index (χ1n) is 13.1. The van der Waals surface area contributed by atoms with Crippen molar-refractivity contribution in [2.45, 2.75) is 89.3 Å². The highest BCUT2D eigenvalue weighted by Crippen LogP contribution is 2.71. The van der Waals surface area contributed by atoms with Crippen LogP contribution in [0.3, 0.4) is 0 Å². The van der Waals surface area contributed by atoms with Crippen LogP contribution in [-0.2, 0) is 9.53 Å². The zero-order valence-corrected chi connectivity index (χ0v) is 20.9. The van der Waals surface area contributed by atoms with Crippen LogP contribution in [0.2, 0.25) is 0 Å². The van der Waals surface area contributed by atoms with E-state index in [4.69, 9.17) is 17.9 Å². The summed E-state index contributed by atoms with van der Waals surface area (Å²) in [6.45, 7) is 29.6. The van der Waals surface area contributed by atoms with Gasteiger partial charge in [0.25, 0.3) is 0 Å². The highest BCUT2D eigenvalue weighted by Gasteiger charge is 2.75. The molecule has 0 amide bonds. The molecular formula is C30H38N2O2. The summed E-state index contributed by atoms with van der Waals surface area (Å²) in [6, 6.07) is 0. The van der Waals surface area contributed by atoms with E-state index < -0.39 is 11.1 Å². The molecular weight excluding hydrogens is 420 g/mol. The van der Waals surface area contributed by atoms with Crippen LogP contribution in [0, 0.1) is 47.1 Å². The number of hydrogen-bond acceptors (Lipinski definition) is 2. The number of carbonyl (C=O) groups is 1. The number of carbonyl (C=O) groups excluding carboxylic acids is 1. The van der Waals surface area contributed by atoms with Gasteiger partial charge in [-0.3, -0.25) is 4.79 Å². The second-order valence-corrected chi connectivity index (χ2v) is 12.2. The maximum Gasteiger partial charge on any atom is 0.544 e. The first-order valence-corrected chi connectivity index (χ1v) is 13.1. The molecule has 0 bridgehead atoms. The van der Waals surface area contributed by atoms with Crippen molar-refractivity contribution in [2.75, 3.05) is 6.61 Å². The predicted octanol–water partition coefficient (Wildman–Crippen LogP) is 6.96. The average Bonchev–Trinajstić information content (AvgIpc) is 3.42. The molecule has 4 aliphatic carbocycles. The van der Waals surface area contributed by atoms with E-state index in [1.807, 2.05) is 0 Å². The van der Waals surface area contributed by atoms with Gasteiger partial charge >= 0.3 is 11.4 Å². The quantitative estimate of drug-likeness (QED) is 0.337. The third-order valence-electron chi connectivity index (χ3n) is 11.1. The molecule has 0 aromatic heterocycles. The van der Waals surface area contributed by atoms with Gasteiger partial charge in [0, 0.05) is 12.0 Å². The summed E-state index contributed by atoms with van der Waals surface area (Å²) >= 11 is 0. The van der Waals surface area contributed by atoms with Gasteiger partial charge in [-0.1, -0.05) is 37.6 Å². The summed E-state index contributed by atoms with van der Waals surface area (Å²) in [6.07, 6.45) is 15.1. The van der Waals surface area contributed by atoms with Crippen molar-refractivity contribution in [3.8, 4) is 0 Å². The zero-order chi connectivity index (χ0) is 24.4. The smallest absolute Gasteiger partial charge is 0.374 e. The minimum Gasteiger partial charge on any atom is -0.374 e. The van der Waals surface area contributed by atoms with Crippen molar-refractivity contribution in [3.63, 3.8) is 0 Å². The van der Waals surface area contributed by atoms with Gasteiger partial charge in [0.1, 0.15) is 6.42 Å². The fourth-order valence-corrected chi connectivity index (χ4v) is 9.78. The molecule has 0 aromatic rings. The van der Waals surface area contributed by atoms with Crippen molar-refractivity contribution in [1.29, 1.82) is 0 Å². The van der Waals surface area contributed by atoms with Crippen molar-refractivity contribution < 1.29 is 9.53 Å². The van der Waals surface area contributed by atoms with E-state index in [9.17, 15) is 4.79 Å². The van der Waals surface area contributed by atoms with Crippen LogP contribution in [0.5, 0.6) is 0 Å². The highest BCUT2D eigenvalue weighted by atomic mass is 16.5. The Morgan fingerprint density at radius 2 is 1.76 bits per heavy atom. The van der Waals surface area contributed by atoms with Crippen LogP contribution >= 0.6 is 0 Å². The summed E-state index contributed by atoms with van der Waals surface area (Å²) in [4.78, 5) is 21.6. The fraction of sp³-hybridized carbons (Fsp3) is 0.700. The molecule has 4 nitrogen and oxygen atoms in total. The molecule has 0 N–H and O–H groups in total. The molecule has 1 spiro atoms. The van der Waals surface area contributed by atoms with Gasteiger partial charge in [0.2, 0.25) is 0 Å². The molecule has 4 heteroatoms. The van der Waals surface area contributed by atoms with Crippen LogP contribution in [-0.4, -0.2) is 23.7 Å². The number of fused-ring (bicyclic) bond motifs is 6. The first-order chi connectivity index (χ1) is 16.2. The van der Waals surface area contributed by atoms with Crippen LogP contribution in [0.25, 0.3) is 9.69 Å². The van der Waals surface area contributed by atoms with E-state index in [0.717, 1.165) is 32.3 Å². The van der Waals surface area contributed by atoms with Crippen molar-refractivity contribution in [2.24, 2.45) is 34.0 Å². The summed E-state index contributed by atoms with van der Waals surface area (Å²) < 4.78 is 6.50. The zero-order valence-electron chi connectivity index (χ0n) is 20.9. The number of hydrogen-bond donors (Lipinski definition) is 0. The van der Waals surface area contributed by atoms with Crippen molar-refractivity contribution in [1.82, 2.24) is 0 Å². The Morgan fingerprint density at radius 3 is 2.35 bits per heavy atom. The van der Waals surface area contributed by atoms with Crippen LogP contribution in [0.15, 0.2) is 37.0 Å². The number of nitrogens with zero attached hydrogens (tertiary/aromatic N) is 2. The maximum absolute atomic E-state index is 14.0. The molecule has 5 aliphatic rings. The van der Waals surface area contributed by atoms with Crippen molar-refractivity contribution >= 4 is 5.78 Å². The van der Waals surface area contributed by atoms with Gasteiger partial charge in [0.15, 0.2) is 0 Å². The monoisotopic (exact) mass is 458 g/mol. The third kappa shape index (κ3) is 2.64. The maximum atomic E-state index is 14.0. The van der Waals surface area contributed by atoms with Crippen LogP contribution in [0.1, 0.15) is 78.1 Å². The topological polar surface area (TPSA) is 35.0 Å². The standard InChI is InChI=1S/C30H38N2O2/c1-7-14-28(15-8-2)24-11-10-21-22(26(24,3)20-30(31-5,32-6)25(28)33)12-17-27(4)23(21)13-18-29(27)16-9-19-34-29/h7-8,11,21-23H,1-2,9-10,12-20H2,3-4H3/t21-,22+,23+,26-,27+,29?/m1/s1. The molecule has 0 aromatic carbocycles. The van der Waals surface area contributed by atoms with Gasteiger partial charge in [0.05, 0.1) is 11.0 Å². The lowest BCUT2D eigenvalue weighted by molar-refractivity contribution is -0.145. The Balaban J connectivity index is 1.64. The Labute approximate surface area is 205 Å². The van der Waals surface area contributed by atoms with E-state index in [1.165, 1.54) is 24.8 Å². The predicted molar refractivity (Wildman–Crippen MR) is 133 cm³/mol. The summed E-state index contributed by atoms with van der Waals surface area (Å²) in [5, 5.41) is 0. The molecule has 5 rings (SSSR count). The summed E-state index contributed by atoms with van der Waals surface area (Å²) in [7, 11) is 0. The Bertz CT molecular complexity index is 1010. The van der Waals surface area contributed by atoms with E-state index in [2.05, 4.69) is 42.8 Å². The van der Waals surface area contributed by atoms with E-state index in [-0.39, 0.29) is 22.2 Å². The van der Waals surface area contributed by atoms with Gasteiger partial charge in [-0.05, 0) is 81.0 Å². The van der Waals surface area contributed by atoms with Gasteiger partial charge in [-0.2, -0.15) is 0 Å². The van der Waals surface area contributed by atoms with Crippen LogP contribution < -0.4 is 0 Å². The first kappa shape index (κ1) is 23.6. The summed E-state index contributed by atoms with van der Waals surface area (Å²) in [5.74, 6) is 1.27. The minimum absolute atomic E-state index is 0.0439. The Kier molecular flexibility index (Phi) is 5.31. The molecule has 3 saturated carbocycles. The van der Waals surface area contributed by atoms with E-state index in [1.54, 1.807) is 12.2 Å². The largest absolute Gasteiger partial charge is 0.544 e. The lowest BCUT2D eigenvalue weighted by Crippen LogP contribution is -2.62. The van der Waals surface area contributed by atoms with Gasteiger partial charge < -0.3 is 4.74 Å². The minimum atomic E-state index is -1.65. The molecule has 1 aliphatic heterocycles. The van der Waals surface area contributed by atoms with Gasteiger partial charge in [-0.25, -0.2) is 22.8 Å². The lowest BCUT2D eigenvalue weighted by Gasteiger charge is -2.60. The second-order valence-electron chi connectivity index (χ2n) is 12.2. The Hall–Kier alpha value is -2.17. The summed E-state index contributed by atoms with van der Waals surface area (Å²) in [5.41, 5.74) is -1.45. The van der Waals surface area contributed by atoms with E-state index >= 15 is 0 Å². The average molecular weight is 459 g/mol. The van der Waals surface area contributed by atoms with Gasteiger partial charge in [-0.15, -0.1) is 13.2 Å². The molecule has 1 heterocycles. The SMILES string of the molecule is [C-]#[N+]C1([N+]#[C-])C[C@@]2(C)C(=CC[C@@H]3[C@@H]2CC[C@@]2(C)[C@H]3CCC23CCCO3)C(CC=C)(CC=C)C1=O. The number of ether oxygens (including phenoxy) is 1. The molecule has 34 heavy (non-hydrogen) atoms. The second kappa shape index (κ2) is 7.66. The molecule has 180 valence electrons. The lowest BCUT2D eigenvalue weighted by atomic mass is 9.42. The third-order valence-corrected chi connectivity index (χ3v) is 11.1. The Morgan fingerprint density at radius 1 is 1.09 bits per heavy atom. The van der Waals surface area contributed by atoms with E-state index in [0.29, 0.717) is 37.0 Å². The number of ketones is 1. The normalized spacial score (nSPS) is 43.6. The number of Topliss-reactive ketones (excluding diaryl/α,β-unsaturated/α-hetero) is 1. The number of rotatable bonds is 4. The van der Waals surface area contributed by atoms with Crippen molar-refractivity contribution in [3.05, 3.63) is 59.8 Å². The molecule has 4 fully saturated rings.